The first-order chi connectivity index (χ1) is 8.20. The summed E-state index contributed by atoms with van der Waals surface area (Å²) in [7, 11) is 0. The van der Waals surface area contributed by atoms with E-state index >= 15 is 0 Å². The number of ether oxygens (including phenoxy) is 1. The summed E-state index contributed by atoms with van der Waals surface area (Å²) in [6, 6.07) is 0. The van der Waals surface area contributed by atoms with Gasteiger partial charge in [0.2, 0.25) is 0 Å². The van der Waals surface area contributed by atoms with Crippen LogP contribution in [0.4, 0.5) is 0 Å². The number of hydrogen-bond donors (Lipinski definition) is 1. The summed E-state index contributed by atoms with van der Waals surface area (Å²) >= 11 is 0. The summed E-state index contributed by atoms with van der Waals surface area (Å²) in [5.74, 6) is 0.477. The molecule has 0 aromatic rings. The first-order valence-corrected chi connectivity index (χ1v) is 6.32. The second kappa shape index (κ2) is 6.45. The van der Waals surface area contributed by atoms with Gasteiger partial charge in [-0.1, -0.05) is 27.4 Å². The van der Waals surface area contributed by atoms with Crippen LogP contribution >= 0.6 is 0 Å². The van der Waals surface area contributed by atoms with E-state index in [4.69, 9.17) is 4.74 Å². The van der Waals surface area contributed by atoms with Gasteiger partial charge in [0.15, 0.2) is 0 Å². The average molecular weight is 238 g/mol. The Bertz CT molecular complexity index is 313. The Morgan fingerprint density at radius 1 is 1.53 bits per heavy atom. The average Bonchev–Trinajstić information content (AvgIpc) is 2.80. The van der Waals surface area contributed by atoms with Crippen molar-refractivity contribution < 1.29 is 9.53 Å². The van der Waals surface area contributed by atoms with Gasteiger partial charge in [-0.25, -0.2) is 0 Å². The van der Waals surface area contributed by atoms with Crippen molar-refractivity contribution in [3.63, 3.8) is 0 Å². The molecule has 0 aromatic heterocycles. The van der Waals surface area contributed by atoms with Gasteiger partial charge in [0.05, 0.1) is 6.10 Å². The van der Waals surface area contributed by atoms with Gasteiger partial charge in [0.25, 0.3) is 5.91 Å². The zero-order chi connectivity index (χ0) is 12.8. The molecule has 1 saturated heterocycles. The molecule has 2 rings (SSSR count). The van der Waals surface area contributed by atoms with E-state index in [1.807, 2.05) is 18.7 Å². The number of hydrogen-bond acceptors (Lipinski definition) is 3. The highest BCUT2D eigenvalue weighted by molar-refractivity contribution is 5.89. The van der Waals surface area contributed by atoms with Crippen molar-refractivity contribution in [3.8, 4) is 0 Å². The van der Waals surface area contributed by atoms with Crippen molar-refractivity contribution in [1.82, 2.24) is 10.2 Å². The second-order valence-electron chi connectivity index (χ2n) is 3.86. The van der Waals surface area contributed by atoms with Crippen LogP contribution in [0.25, 0.3) is 0 Å². The van der Waals surface area contributed by atoms with E-state index in [2.05, 4.69) is 18.8 Å². The SMILES string of the molecule is C=C1NC(=O)C=CN1C1CCC(CC)O1.CC. The topological polar surface area (TPSA) is 41.6 Å². The van der Waals surface area contributed by atoms with Crippen molar-refractivity contribution >= 4 is 5.91 Å². The van der Waals surface area contributed by atoms with E-state index in [9.17, 15) is 4.79 Å². The van der Waals surface area contributed by atoms with Gasteiger partial charge in [0.1, 0.15) is 12.0 Å². The molecule has 0 aliphatic carbocycles. The van der Waals surface area contributed by atoms with Crippen LogP contribution in [0.5, 0.6) is 0 Å². The minimum Gasteiger partial charge on any atom is -0.355 e. The van der Waals surface area contributed by atoms with Crippen LogP contribution in [-0.2, 0) is 9.53 Å². The Morgan fingerprint density at radius 2 is 2.24 bits per heavy atom. The van der Waals surface area contributed by atoms with Crippen molar-refractivity contribution in [2.45, 2.75) is 52.4 Å². The maximum atomic E-state index is 11.0. The Labute approximate surface area is 103 Å². The Kier molecular flexibility index (Phi) is 5.22. The molecule has 1 fully saturated rings. The fourth-order valence-corrected chi connectivity index (χ4v) is 1.95. The number of nitrogens with one attached hydrogen (secondary N) is 1. The fourth-order valence-electron chi connectivity index (χ4n) is 1.95. The summed E-state index contributed by atoms with van der Waals surface area (Å²) in [6.07, 6.45) is 6.70. The van der Waals surface area contributed by atoms with Crippen LogP contribution in [0.1, 0.15) is 40.0 Å². The number of carbonyl (C=O) groups is 1. The molecule has 2 heterocycles. The van der Waals surface area contributed by atoms with Gasteiger partial charge in [-0.15, -0.1) is 0 Å². The summed E-state index contributed by atoms with van der Waals surface area (Å²) in [6.45, 7) is 9.92. The van der Waals surface area contributed by atoms with Gasteiger partial charge in [0, 0.05) is 12.3 Å². The maximum absolute atomic E-state index is 11.0. The van der Waals surface area contributed by atoms with Gasteiger partial charge < -0.3 is 15.0 Å². The van der Waals surface area contributed by atoms with E-state index < -0.39 is 0 Å². The molecular formula is C13H22N2O2. The second-order valence-corrected chi connectivity index (χ2v) is 3.86. The highest BCUT2D eigenvalue weighted by Gasteiger charge is 2.30. The molecule has 96 valence electrons. The van der Waals surface area contributed by atoms with E-state index in [0.29, 0.717) is 11.9 Å². The zero-order valence-electron chi connectivity index (χ0n) is 10.9. The van der Waals surface area contributed by atoms with Crippen molar-refractivity contribution in [2.24, 2.45) is 0 Å². The number of carbonyl (C=O) groups excluding carboxylic acids is 1. The monoisotopic (exact) mass is 238 g/mol. The molecule has 2 aliphatic heterocycles. The molecule has 0 spiro atoms. The molecule has 1 amide bonds. The van der Waals surface area contributed by atoms with Crippen LogP contribution in [0.2, 0.25) is 0 Å². The molecule has 2 atom stereocenters. The van der Waals surface area contributed by atoms with E-state index in [1.165, 1.54) is 6.08 Å². The van der Waals surface area contributed by atoms with Crippen LogP contribution in [0.15, 0.2) is 24.7 Å². The molecule has 0 radical (unpaired) electrons. The summed E-state index contributed by atoms with van der Waals surface area (Å²) in [4.78, 5) is 12.9. The van der Waals surface area contributed by atoms with Crippen molar-refractivity contribution in [2.75, 3.05) is 0 Å². The third-order valence-electron chi connectivity index (χ3n) is 2.82. The molecule has 17 heavy (non-hydrogen) atoms. The van der Waals surface area contributed by atoms with E-state index in [-0.39, 0.29) is 12.1 Å². The number of rotatable bonds is 2. The quantitative estimate of drug-likeness (QED) is 0.803. The van der Waals surface area contributed by atoms with Crippen LogP contribution in [0.3, 0.4) is 0 Å². The molecule has 0 bridgehead atoms. The normalized spacial score (nSPS) is 27.6. The summed E-state index contributed by atoms with van der Waals surface area (Å²) < 4.78 is 5.82. The summed E-state index contributed by atoms with van der Waals surface area (Å²) in [5, 5.41) is 2.66. The lowest BCUT2D eigenvalue weighted by atomic mass is 10.2. The highest BCUT2D eigenvalue weighted by Crippen LogP contribution is 2.27. The minimum absolute atomic E-state index is 0.0271. The fraction of sp³-hybridized carbons (Fsp3) is 0.615. The molecule has 2 aliphatic rings. The van der Waals surface area contributed by atoms with Gasteiger partial charge in [-0.05, 0) is 19.3 Å². The van der Waals surface area contributed by atoms with Crippen LogP contribution < -0.4 is 5.32 Å². The summed E-state index contributed by atoms with van der Waals surface area (Å²) in [5.41, 5.74) is 0. The van der Waals surface area contributed by atoms with E-state index in [1.54, 1.807) is 6.20 Å². The lowest BCUT2D eigenvalue weighted by Crippen LogP contribution is -2.40. The third-order valence-corrected chi connectivity index (χ3v) is 2.82. The minimum atomic E-state index is -0.124. The largest absolute Gasteiger partial charge is 0.355 e. The predicted molar refractivity (Wildman–Crippen MR) is 67.8 cm³/mol. The zero-order valence-corrected chi connectivity index (χ0v) is 10.9. The molecule has 4 nitrogen and oxygen atoms in total. The first kappa shape index (κ1) is 13.8. The van der Waals surface area contributed by atoms with E-state index in [0.717, 1.165) is 19.3 Å². The molecule has 0 aromatic carbocycles. The van der Waals surface area contributed by atoms with Gasteiger partial charge in [-0.3, -0.25) is 4.79 Å². The first-order valence-electron chi connectivity index (χ1n) is 6.32. The Morgan fingerprint density at radius 3 is 2.76 bits per heavy atom. The van der Waals surface area contributed by atoms with Crippen LogP contribution in [-0.4, -0.2) is 23.1 Å². The van der Waals surface area contributed by atoms with Crippen LogP contribution in [0, 0.1) is 0 Å². The third kappa shape index (κ3) is 3.33. The Hall–Kier alpha value is -1.29. The smallest absolute Gasteiger partial charge is 0.250 e. The maximum Gasteiger partial charge on any atom is 0.250 e. The highest BCUT2D eigenvalue weighted by atomic mass is 16.5. The van der Waals surface area contributed by atoms with Crippen molar-refractivity contribution in [3.05, 3.63) is 24.7 Å². The number of amides is 1. The van der Waals surface area contributed by atoms with Gasteiger partial charge >= 0.3 is 0 Å². The van der Waals surface area contributed by atoms with Crippen molar-refractivity contribution in [1.29, 1.82) is 0 Å². The molecule has 0 saturated carbocycles. The molecular weight excluding hydrogens is 216 g/mol. The molecule has 2 unspecified atom stereocenters. The lowest BCUT2D eigenvalue weighted by molar-refractivity contribution is -0.117. The van der Waals surface area contributed by atoms with Gasteiger partial charge in [-0.2, -0.15) is 0 Å². The standard InChI is InChI=1S/C11H16N2O2.C2H6/c1-3-9-4-5-11(15-9)13-7-6-10(14)12-8(13)2;1-2/h6-7,9,11H,2-5H2,1H3,(H,12,14);1-2H3. The predicted octanol–water partition coefficient (Wildman–Crippen LogP) is 2.34. The molecule has 1 N–H and O–H groups in total. The Balaban J connectivity index is 0.000000686. The molecule has 4 heteroatoms. The number of nitrogens with zero attached hydrogens (tertiary/aromatic N) is 1. The lowest BCUT2D eigenvalue weighted by Gasteiger charge is -2.31.